The van der Waals surface area contributed by atoms with Crippen molar-refractivity contribution in [3.8, 4) is 11.4 Å². The summed E-state index contributed by atoms with van der Waals surface area (Å²) in [6.07, 6.45) is 11.6. The van der Waals surface area contributed by atoms with Crippen molar-refractivity contribution in [2.75, 3.05) is 19.3 Å². The molecule has 7 nitrogen and oxygen atoms in total. The zero-order chi connectivity index (χ0) is 20.4. The molecule has 2 aromatic heterocycles. The average molecular weight is 415 g/mol. The molecule has 1 aliphatic carbocycles. The van der Waals surface area contributed by atoms with Crippen molar-refractivity contribution >= 4 is 15.7 Å². The highest BCUT2D eigenvalue weighted by Crippen LogP contribution is 2.34. The summed E-state index contributed by atoms with van der Waals surface area (Å²) in [7, 11) is -3.45. The Bertz CT molecular complexity index is 980. The second-order valence-corrected chi connectivity index (χ2v) is 10.0. The van der Waals surface area contributed by atoms with Gasteiger partial charge < -0.3 is 4.90 Å². The van der Waals surface area contributed by atoms with Gasteiger partial charge in [-0.3, -0.25) is 9.78 Å². The van der Waals surface area contributed by atoms with Crippen molar-refractivity contribution in [3.05, 3.63) is 36.4 Å². The predicted molar refractivity (Wildman–Crippen MR) is 109 cm³/mol. The first-order valence-corrected chi connectivity index (χ1v) is 12.1. The number of piperidine rings is 1. The van der Waals surface area contributed by atoms with Crippen molar-refractivity contribution in [1.82, 2.24) is 19.9 Å². The van der Waals surface area contributed by atoms with Crippen LogP contribution in [0.1, 0.15) is 50.1 Å². The number of carbonyl (C=O) groups is 1. The molecule has 0 aromatic carbocycles. The normalized spacial score (nSPS) is 18.9. The Morgan fingerprint density at radius 1 is 1.10 bits per heavy atom. The van der Waals surface area contributed by atoms with Crippen LogP contribution in [0.25, 0.3) is 11.4 Å². The van der Waals surface area contributed by atoms with Crippen LogP contribution in [0.3, 0.4) is 0 Å². The highest BCUT2D eigenvalue weighted by Gasteiger charge is 2.32. The third-order valence-corrected chi connectivity index (χ3v) is 7.11. The first-order valence-electron chi connectivity index (χ1n) is 10.2. The molecule has 1 amide bonds. The van der Waals surface area contributed by atoms with Crippen LogP contribution < -0.4 is 0 Å². The molecule has 8 heteroatoms. The smallest absolute Gasteiger partial charge is 0.225 e. The number of sulfone groups is 1. The van der Waals surface area contributed by atoms with Gasteiger partial charge in [-0.15, -0.1) is 0 Å². The maximum Gasteiger partial charge on any atom is 0.225 e. The summed E-state index contributed by atoms with van der Waals surface area (Å²) in [4.78, 5) is 27.9. The van der Waals surface area contributed by atoms with E-state index >= 15 is 0 Å². The SMILES string of the molecule is CS(=O)(=O)c1cnc(-c2cccnc2)nc1C1CCN(C(=O)C2CCCC2)CC1. The Kier molecular flexibility index (Phi) is 5.63. The van der Waals surface area contributed by atoms with Crippen LogP contribution >= 0.6 is 0 Å². The van der Waals surface area contributed by atoms with Crippen molar-refractivity contribution < 1.29 is 13.2 Å². The van der Waals surface area contributed by atoms with E-state index in [0.29, 0.717) is 37.4 Å². The summed E-state index contributed by atoms with van der Waals surface area (Å²) in [5.41, 5.74) is 1.32. The van der Waals surface area contributed by atoms with Crippen molar-refractivity contribution in [1.29, 1.82) is 0 Å². The molecule has 29 heavy (non-hydrogen) atoms. The minimum atomic E-state index is -3.45. The number of amides is 1. The Morgan fingerprint density at radius 2 is 1.83 bits per heavy atom. The first kappa shape index (κ1) is 19.9. The van der Waals surface area contributed by atoms with Gasteiger partial charge in [0.25, 0.3) is 0 Å². The summed E-state index contributed by atoms with van der Waals surface area (Å²) < 4.78 is 24.7. The summed E-state index contributed by atoms with van der Waals surface area (Å²) in [6.45, 7) is 1.30. The van der Waals surface area contributed by atoms with E-state index < -0.39 is 9.84 Å². The van der Waals surface area contributed by atoms with Crippen molar-refractivity contribution in [3.63, 3.8) is 0 Å². The van der Waals surface area contributed by atoms with Gasteiger partial charge in [0.1, 0.15) is 4.90 Å². The van der Waals surface area contributed by atoms with Crippen LogP contribution in [-0.2, 0) is 14.6 Å². The lowest BCUT2D eigenvalue weighted by atomic mass is 9.92. The van der Waals surface area contributed by atoms with E-state index in [0.717, 1.165) is 31.2 Å². The van der Waals surface area contributed by atoms with Gasteiger partial charge in [0.05, 0.1) is 5.69 Å². The second kappa shape index (κ2) is 8.18. The summed E-state index contributed by atoms with van der Waals surface area (Å²) >= 11 is 0. The van der Waals surface area contributed by atoms with E-state index in [1.807, 2.05) is 11.0 Å². The zero-order valence-electron chi connectivity index (χ0n) is 16.6. The fourth-order valence-corrected chi connectivity index (χ4v) is 5.24. The summed E-state index contributed by atoms with van der Waals surface area (Å²) in [5, 5.41) is 0. The number of carbonyl (C=O) groups excluding carboxylic acids is 1. The monoisotopic (exact) mass is 414 g/mol. The molecule has 0 unspecified atom stereocenters. The molecule has 1 saturated heterocycles. The molecular formula is C21H26N4O3S. The van der Waals surface area contributed by atoms with Gasteiger partial charge >= 0.3 is 0 Å². The number of likely N-dealkylation sites (tertiary alicyclic amines) is 1. The number of rotatable bonds is 4. The van der Waals surface area contributed by atoms with Gasteiger partial charge in [0, 0.05) is 55.3 Å². The minimum Gasteiger partial charge on any atom is -0.342 e. The number of aromatic nitrogens is 3. The van der Waals surface area contributed by atoms with Gasteiger partial charge in [-0.05, 0) is 37.8 Å². The lowest BCUT2D eigenvalue weighted by Crippen LogP contribution is -2.41. The molecule has 3 heterocycles. The number of hydrogen-bond donors (Lipinski definition) is 0. The van der Waals surface area contributed by atoms with E-state index in [-0.39, 0.29) is 22.6 Å². The fraction of sp³-hybridized carbons (Fsp3) is 0.524. The van der Waals surface area contributed by atoms with Gasteiger partial charge in [-0.2, -0.15) is 0 Å². The summed E-state index contributed by atoms with van der Waals surface area (Å²) in [5.74, 6) is 0.910. The minimum absolute atomic E-state index is 0.00854. The third-order valence-electron chi connectivity index (χ3n) is 6.00. The van der Waals surface area contributed by atoms with E-state index in [1.165, 1.54) is 12.5 Å². The topological polar surface area (TPSA) is 93.1 Å². The average Bonchev–Trinajstić information content (AvgIpc) is 3.28. The molecule has 2 fully saturated rings. The molecule has 2 aliphatic rings. The fourth-order valence-electron chi connectivity index (χ4n) is 4.40. The lowest BCUT2D eigenvalue weighted by molar-refractivity contribution is -0.136. The molecule has 0 atom stereocenters. The second-order valence-electron chi connectivity index (χ2n) is 8.04. The molecule has 1 saturated carbocycles. The van der Waals surface area contributed by atoms with Crippen LogP contribution in [-0.4, -0.2) is 53.5 Å². The number of nitrogens with zero attached hydrogens (tertiary/aromatic N) is 4. The van der Waals surface area contributed by atoms with Crippen LogP contribution in [0.2, 0.25) is 0 Å². The third kappa shape index (κ3) is 4.32. The highest BCUT2D eigenvalue weighted by molar-refractivity contribution is 7.90. The molecule has 0 radical (unpaired) electrons. The van der Waals surface area contributed by atoms with Gasteiger partial charge in [0.2, 0.25) is 5.91 Å². The molecular weight excluding hydrogens is 388 g/mol. The molecule has 2 aromatic rings. The van der Waals surface area contributed by atoms with E-state index in [9.17, 15) is 13.2 Å². The maximum atomic E-state index is 12.7. The molecule has 1 aliphatic heterocycles. The van der Waals surface area contributed by atoms with Gasteiger partial charge in [0.15, 0.2) is 15.7 Å². The first-order chi connectivity index (χ1) is 13.9. The Hall–Kier alpha value is -2.35. The van der Waals surface area contributed by atoms with Crippen LogP contribution in [0.15, 0.2) is 35.6 Å². The van der Waals surface area contributed by atoms with Gasteiger partial charge in [-0.1, -0.05) is 12.8 Å². The highest BCUT2D eigenvalue weighted by atomic mass is 32.2. The predicted octanol–water partition coefficient (Wildman–Crippen LogP) is 2.84. The standard InChI is InChI=1S/C21H26N4O3S/c1-29(27,28)18-14-23-20(17-7-4-10-22-13-17)24-19(18)15-8-11-25(12-9-15)21(26)16-5-2-3-6-16/h4,7,10,13-16H,2-3,5-6,8-9,11-12H2,1H3. The van der Waals surface area contributed by atoms with Crippen LogP contribution in [0.4, 0.5) is 0 Å². The Labute approximate surface area is 171 Å². The van der Waals surface area contributed by atoms with Crippen LogP contribution in [0.5, 0.6) is 0 Å². The largest absolute Gasteiger partial charge is 0.342 e. The molecule has 154 valence electrons. The molecule has 0 N–H and O–H groups in total. The Morgan fingerprint density at radius 3 is 2.45 bits per heavy atom. The van der Waals surface area contributed by atoms with Crippen molar-refractivity contribution in [2.24, 2.45) is 5.92 Å². The summed E-state index contributed by atoms with van der Waals surface area (Å²) in [6, 6.07) is 3.66. The number of pyridine rings is 1. The van der Waals surface area contributed by atoms with E-state index in [2.05, 4.69) is 15.0 Å². The Balaban J connectivity index is 1.58. The van der Waals surface area contributed by atoms with Crippen molar-refractivity contribution in [2.45, 2.75) is 49.3 Å². The van der Waals surface area contributed by atoms with E-state index in [4.69, 9.17) is 0 Å². The lowest BCUT2D eigenvalue weighted by Gasteiger charge is -2.33. The quantitative estimate of drug-likeness (QED) is 0.764. The zero-order valence-corrected chi connectivity index (χ0v) is 17.4. The molecule has 4 rings (SSSR count). The molecule has 0 bridgehead atoms. The van der Waals surface area contributed by atoms with Gasteiger partial charge in [-0.25, -0.2) is 18.4 Å². The number of hydrogen-bond acceptors (Lipinski definition) is 6. The van der Waals surface area contributed by atoms with E-state index in [1.54, 1.807) is 18.5 Å². The molecule has 0 spiro atoms. The maximum absolute atomic E-state index is 12.7. The van der Waals surface area contributed by atoms with Crippen LogP contribution in [0, 0.1) is 5.92 Å².